The molecule has 1 aromatic heterocycles. The van der Waals surface area contributed by atoms with E-state index < -0.39 is 11.9 Å². The van der Waals surface area contributed by atoms with Gasteiger partial charge in [0.2, 0.25) is 0 Å². The molecule has 0 bridgehead atoms. The largest absolute Gasteiger partial charge is 0.478 e. The molecule has 0 spiro atoms. The summed E-state index contributed by atoms with van der Waals surface area (Å²) in [6, 6.07) is 5.89. The molecule has 1 aromatic carbocycles. The van der Waals surface area contributed by atoms with E-state index in [2.05, 4.69) is 0 Å². The summed E-state index contributed by atoms with van der Waals surface area (Å²) in [6.07, 6.45) is 0. The molecule has 0 aliphatic heterocycles. The van der Waals surface area contributed by atoms with Gasteiger partial charge in [-0.3, -0.25) is 0 Å². The van der Waals surface area contributed by atoms with E-state index in [1.54, 1.807) is 11.4 Å². The molecule has 0 amide bonds. The Hall–Kier alpha value is -1.85. The van der Waals surface area contributed by atoms with Gasteiger partial charge in [-0.1, -0.05) is 11.6 Å². The number of rotatable bonds is 3. The number of thiophene rings is 1. The lowest BCUT2D eigenvalue weighted by Crippen LogP contribution is -1.96. The molecule has 2 N–H and O–H groups in total. The zero-order valence-corrected chi connectivity index (χ0v) is 10.5. The molecule has 0 radical (unpaired) electrons. The highest BCUT2D eigenvalue weighted by atomic mass is 35.5. The molecule has 2 rings (SSSR count). The van der Waals surface area contributed by atoms with Crippen molar-refractivity contribution in [1.82, 2.24) is 0 Å². The van der Waals surface area contributed by atoms with E-state index in [4.69, 9.17) is 21.8 Å². The highest BCUT2D eigenvalue weighted by Gasteiger charge is 2.11. The van der Waals surface area contributed by atoms with E-state index in [1.807, 2.05) is 0 Å². The van der Waals surface area contributed by atoms with Crippen LogP contribution in [-0.2, 0) is 0 Å². The van der Waals surface area contributed by atoms with Gasteiger partial charge < -0.3 is 10.2 Å². The van der Waals surface area contributed by atoms with E-state index in [-0.39, 0.29) is 10.4 Å². The van der Waals surface area contributed by atoms with Crippen LogP contribution in [0.3, 0.4) is 0 Å². The van der Waals surface area contributed by atoms with Crippen LogP contribution in [0.1, 0.15) is 20.0 Å². The van der Waals surface area contributed by atoms with Crippen molar-refractivity contribution < 1.29 is 19.8 Å². The summed E-state index contributed by atoms with van der Waals surface area (Å²) >= 11 is 6.92. The van der Waals surface area contributed by atoms with E-state index >= 15 is 0 Å². The van der Waals surface area contributed by atoms with Crippen LogP contribution in [0, 0.1) is 0 Å². The molecule has 0 fully saturated rings. The Labute approximate surface area is 111 Å². The van der Waals surface area contributed by atoms with E-state index in [0.29, 0.717) is 16.1 Å². The van der Waals surface area contributed by atoms with Crippen molar-refractivity contribution in [2.45, 2.75) is 0 Å². The number of carboxylic acid groups (broad SMARTS) is 2. The summed E-state index contributed by atoms with van der Waals surface area (Å²) < 4.78 is 0. The van der Waals surface area contributed by atoms with Gasteiger partial charge in [-0.25, -0.2) is 9.59 Å². The average Bonchev–Trinajstić information content (AvgIpc) is 2.77. The maximum Gasteiger partial charge on any atom is 0.345 e. The molecule has 0 saturated heterocycles. The lowest BCUT2D eigenvalue weighted by atomic mass is 10.1. The lowest BCUT2D eigenvalue weighted by molar-refractivity contribution is 0.0688. The van der Waals surface area contributed by atoms with Gasteiger partial charge >= 0.3 is 11.9 Å². The number of carboxylic acids is 2. The fraction of sp³-hybridized carbons (Fsp3) is 0. The number of benzene rings is 1. The van der Waals surface area contributed by atoms with Gasteiger partial charge in [0.1, 0.15) is 4.88 Å². The fourth-order valence-corrected chi connectivity index (χ4v) is 2.47. The van der Waals surface area contributed by atoms with Crippen LogP contribution < -0.4 is 0 Å². The minimum absolute atomic E-state index is 0.0700. The highest BCUT2D eigenvalue weighted by Crippen LogP contribution is 2.29. The Kier molecular flexibility index (Phi) is 3.36. The molecule has 0 atom stereocenters. The van der Waals surface area contributed by atoms with Crippen LogP contribution >= 0.6 is 22.9 Å². The molecule has 0 unspecified atom stereocenters. The Morgan fingerprint density at radius 2 is 1.72 bits per heavy atom. The number of halogens is 1. The first kappa shape index (κ1) is 12.6. The topological polar surface area (TPSA) is 74.6 Å². The second-order valence-corrected chi connectivity index (χ2v) is 4.89. The molecule has 18 heavy (non-hydrogen) atoms. The third-order valence-electron chi connectivity index (χ3n) is 2.29. The van der Waals surface area contributed by atoms with Crippen LogP contribution in [0.2, 0.25) is 5.02 Å². The van der Waals surface area contributed by atoms with Crippen LogP contribution in [-0.4, -0.2) is 22.2 Å². The molecular weight excluding hydrogens is 276 g/mol. The second kappa shape index (κ2) is 4.80. The molecule has 6 heteroatoms. The minimum atomic E-state index is -1.08. The van der Waals surface area contributed by atoms with Crippen molar-refractivity contribution in [2.24, 2.45) is 0 Å². The number of hydrogen-bond acceptors (Lipinski definition) is 3. The predicted octanol–water partition coefficient (Wildman–Crippen LogP) is 3.46. The Morgan fingerprint density at radius 3 is 2.28 bits per heavy atom. The standard InChI is InChI=1S/C12H7ClO4S/c13-9-2-6(1-7(3-9)11(14)15)8-4-10(12(16)17)18-5-8/h1-5H,(H,14,15)(H,16,17). The lowest BCUT2D eigenvalue weighted by Gasteiger charge is -2.01. The first-order chi connectivity index (χ1) is 8.47. The maximum atomic E-state index is 10.9. The molecule has 2 aromatic rings. The summed E-state index contributed by atoms with van der Waals surface area (Å²) in [5.74, 6) is -2.08. The minimum Gasteiger partial charge on any atom is -0.478 e. The highest BCUT2D eigenvalue weighted by molar-refractivity contribution is 7.12. The van der Waals surface area contributed by atoms with Crippen LogP contribution in [0.15, 0.2) is 29.6 Å². The van der Waals surface area contributed by atoms with Crippen LogP contribution in [0.5, 0.6) is 0 Å². The number of hydrogen-bond donors (Lipinski definition) is 2. The molecule has 0 aliphatic carbocycles. The zero-order valence-electron chi connectivity index (χ0n) is 8.88. The molecule has 1 heterocycles. The molecule has 0 aliphatic rings. The van der Waals surface area contributed by atoms with Crippen molar-refractivity contribution in [3.05, 3.63) is 45.1 Å². The van der Waals surface area contributed by atoms with Gasteiger partial charge in [-0.2, -0.15) is 0 Å². The van der Waals surface area contributed by atoms with E-state index in [9.17, 15) is 9.59 Å². The summed E-state index contributed by atoms with van der Waals surface area (Å²) in [5.41, 5.74) is 1.30. The number of aromatic carboxylic acids is 2. The predicted molar refractivity (Wildman–Crippen MR) is 68.7 cm³/mol. The van der Waals surface area contributed by atoms with Gasteiger partial charge in [0.25, 0.3) is 0 Å². The summed E-state index contributed by atoms with van der Waals surface area (Å²) in [4.78, 5) is 21.9. The van der Waals surface area contributed by atoms with Gasteiger partial charge in [0.15, 0.2) is 0 Å². The molecule has 92 valence electrons. The quantitative estimate of drug-likeness (QED) is 0.904. The van der Waals surface area contributed by atoms with Crippen molar-refractivity contribution in [1.29, 1.82) is 0 Å². The molecule has 0 saturated carbocycles. The SMILES string of the molecule is O=C(O)c1cc(Cl)cc(-c2csc(C(=O)O)c2)c1. The van der Waals surface area contributed by atoms with Crippen LogP contribution in [0.4, 0.5) is 0 Å². The van der Waals surface area contributed by atoms with E-state index in [0.717, 1.165) is 11.3 Å². The third kappa shape index (κ3) is 2.52. The first-order valence-electron chi connectivity index (χ1n) is 4.83. The Morgan fingerprint density at radius 1 is 1.00 bits per heavy atom. The average molecular weight is 283 g/mol. The van der Waals surface area contributed by atoms with Crippen molar-refractivity contribution >= 4 is 34.9 Å². The van der Waals surface area contributed by atoms with Gasteiger partial charge in [-0.15, -0.1) is 11.3 Å². The Bertz CT molecular complexity index is 633. The fourth-order valence-electron chi connectivity index (χ4n) is 1.48. The summed E-state index contributed by atoms with van der Waals surface area (Å²) in [7, 11) is 0. The maximum absolute atomic E-state index is 10.9. The van der Waals surface area contributed by atoms with Crippen LogP contribution in [0.25, 0.3) is 11.1 Å². The normalized spacial score (nSPS) is 10.3. The second-order valence-electron chi connectivity index (χ2n) is 3.54. The van der Waals surface area contributed by atoms with Crippen molar-refractivity contribution in [2.75, 3.05) is 0 Å². The Balaban J connectivity index is 2.49. The first-order valence-corrected chi connectivity index (χ1v) is 6.09. The van der Waals surface area contributed by atoms with Gasteiger partial charge in [-0.05, 0) is 40.8 Å². The van der Waals surface area contributed by atoms with E-state index in [1.165, 1.54) is 18.2 Å². The van der Waals surface area contributed by atoms with Crippen molar-refractivity contribution in [3.63, 3.8) is 0 Å². The monoisotopic (exact) mass is 282 g/mol. The molecule has 4 nitrogen and oxygen atoms in total. The van der Waals surface area contributed by atoms with Gasteiger partial charge in [0.05, 0.1) is 5.56 Å². The zero-order chi connectivity index (χ0) is 13.3. The van der Waals surface area contributed by atoms with Crippen molar-refractivity contribution in [3.8, 4) is 11.1 Å². The third-order valence-corrected chi connectivity index (χ3v) is 3.42. The smallest absolute Gasteiger partial charge is 0.345 e. The summed E-state index contributed by atoms with van der Waals surface area (Å²) in [5, 5.41) is 19.7. The molecular formula is C12H7ClO4S. The summed E-state index contributed by atoms with van der Waals surface area (Å²) in [6.45, 7) is 0. The van der Waals surface area contributed by atoms with Gasteiger partial charge in [0, 0.05) is 5.02 Å². The number of carbonyl (C=O) groups is 2.